The average Bonchev–Trinajstić information content (AvgIpc) is 2.79. The molecule has 0 aliphatic carbocycles. The van der Waals surface area contributed by atoms with Gasteiger partial charge in [0.2, 0.25) is 0 Å². The SMILES string of the molecule is COC(C)(C)CNC(=O)c1c[nH]c2ccc(N)cc12. The van der Waals surface area contributed by atoms with Crippen LogP contribution < -0.4 is 11.1 Å². The van der Waals surface area contributed by atoms with Gasteiger partial charge >= 0.3 is 0 Å². The number of nitrogens with two attached hydrogens (primary N) is 1. The fraction of sp³-hybridized carbons (Fsp3) is 0.357. The molecule has 0 saturated heterocycles. The molecule has 0 unspecified atom stereocenters. The first-order valence-corrected chi connectivity index (χ1v) is 6.13. The summed E-state index contributed by atoms with van der Waals surface area (Å²) >= 11 is 0. The summed E-state index contributed by atoms with van der Waals surface area (Å²) in [5.74, 6) is -0.137. The molecular formula is C14H19N3O2. The maximum atomic E-state index is 12.2. The van der Waals surface area contributed by atoms with Crippen molar-refractivity contribution in [3.05, 3.63) is 30.0 Å². The Morgan fingerprint density at radius 3 is 2.89 bits per heavy atom. The molecule has 0 saturated carbocycles. The number of nitrogen functional groups attached to an aromatic ring is 1. The zero-order valence-electron chi connectivity index (χ0n) is 11.4. The minimum absolute atomic E-state index is 0.137. The van der Waals surface area contributed by atoms with Crippen molar-refractivity contribution in [1.82, 2.24) is 10.3 Å². The standard InChI is InChI=1S/C14H19N3O2/c1-14(2,19-3)8-17-13(18)11-7-16-12-5-4-9(15)6-10(11)12/h4-7,16H,8,15H2,1-3H3,(H,17,18). The zero-order chi connectivity index (χ0) is 14.0. The van der Waals surface area contributed by atoms with Gasteiger partial charge in [-0.1, -0.05) is 0 Å². The van der Waals surface area contributed by atoms with E-state index in [9.17, 15) is 4.79 Å². The van der Waals surface area contributed by atoms with Gasteiger partial charge in [-0.05, 0) is 32.0 Å². The number of benzene rings is 1. The van der Waals surface area contributed by atoms with E-state index in [1.54, 1.807) is 25.4 Å². The van der Waals surface area contributed by atoms with Crippen molar-refractivity contribution in [2.24, 2.45) is 0 Å². The highest BCUT2D eigenvalue weighted by Crippen LogP contribution is 2.21. The van der Waals surface area contributed by atoms with Crippen LogP contribution in [0.2, 0.25) is 0 Å². The number of anilines is 1. The average molecular weight is 261 g/mol. The highest BCUT2D eigenvalue weighted by molar-refractivity contribution is 6.07. The van der Waals surface area contributed by atoms with Gasteiger partial charge in [0.15, 0.2) is 0 Å². The maximum absolute atomic E-state index is 12.2. The number of H-pyrrole nitrogens is 1. The van der Waals surface area contributed by atoms with Gasteiger partial charge in [0.25, 0.3) is 5.91 Å². The molecular weight excluding hydrogens is 242 g/mol. The predicted octanol–water partition coefficient (Wildman–Crippen LogP) is 1.90. The van der Waals surface area contributed by atoms with E-state index in [2.05, 4.69) is 10.3 Å². The second kappa shape index (κ2) is 4.93. The van der Waals surface area contributed by atoms with E-state index in [1.807, 2.05) is 19.9 Å². The van der Waals surface area contributed by atoms with Gasteiger partial charge in [-0.15, -0.1) is 0 Å². The molecule has 0 aliphatic rings. The van der Waals surface area contributed by atoms with Crippen molar-refractivity contribution in [1.29, 1.82) is 0 Å². The summed E-state index contributed by atoms with van der Waals surface area (Å²) in [4.78, 5) is 15.2. The molecule has 1 heterocycles. The Hall–Kier alpha value is -2.01. The van der Waals surface area contributed by atoms with E-state index in [-0.39, 0.29) is 11.5 Å². The Labute approximate surface area is 112 Å². The predicted molar refractivity (Wildman–Crippen MR) is 76.1 cm³/mol. The quantitative estimate of drug-likeness (QED) is 0.735. The molecule has 102 valence electrons. The van der Waals surface area contributed by atoms with E-state index in [0.717, 1.165) is 10.9 Å². The third-order valence-corrected chi connectivity index (χ3v) is 3.18. The molecule has 0 fully saturated rings. The van der Waals surface area contributed by atoms with Gasteiger partial charge in [-0.2, -0.15) is 0 Å². The molecule has 0 aliphatic heterocycles. The monoisotopic (exact) mass is 261 g/mol. The molecule has 1 aromatic heterocycles. The number of aromatic amines is 1. The molecule has 0 bridgehead atoms. The van der Waals surface area contributed by atoms with Crippen LogP contribution in [0.4, 0.5) is 5.69 Å². The lowest BCUT2D eigenvalue weighted by molar-refractivity contribution is 0.0229. The molecule has 2 aromatic rings. The molecule has 0 spiro atoms. The van der Waals surface area contributed by atoms with Gasteiger partial charge in [-0.25, -0.2) is 0 Å². The Morgan fingerprint density at radius 2 is 2.21 bits per heavy atom. The summed E-state index contributed by atoms with van der Waals surface area (Å²) in [6, 6.07) is 5.46. The lowest BCUT2D eigenvalue weighted by Gasteiger charge is -2.22. The van der Waals surface area contributed by atoms with Crippen LogP contribution >= 0.6 is 0 Å². The summed E-state index contributed by atoms with van der Waals surface area (Å²) in [7, 11) is 1.62. The fourth-order valence-corrected chi connectivity index (χ4v) is 1.79. The molecule has 0 atom stereocenters. The normalized spacial score (nSPS) is 11.7. The van der Waals surface area contributed by atoms with Crippen molar-refractivity contribution in [3.8, 4) is 0 Å². The van der Waals surface area contributed by atoms with Crippen molar-refractivity contribution < 1.29 is 9.53 Å². The number of aromatic nitrogens is 1. The highest BCUT2D eigenvalue weighted by Gasteiger charge is 2.19. The van der Waals surface area contributed by atoms with Crippen LogP contribution in [0.1, 0.15) is 24.2 Å². The van der Waals surface area contributed by atoms with Gasteiger partial charge in [0, 0.05) is 36.4 Å². The third kappa shape index (κ3) is 2.88. The Morgan fingerprint density at radius 1 is 1.47 bits per heavy atom. The summed E-state index contributed by atoms with van der Waals surface area (Å²) < 4.78 is 5.27. The maximum Gasteiger partial charge on any atom is 0.253 e. The topological polar surface area (TPSA) is 80.1 Å². The highest BCUT2D eigenvalue weighted by atomic mass is 16.5. The number of amides is 1. The van der Waals surface area contributed by atoms with Gasteiger partial charge in [-0.3, -0.25) is 4.79 Å². The summed E-state index contributed by atoms with van der Waals surface area (Å²) in [5, 5.41) is 3.69. The number of hydrogen-bond donors (Lipinski definition) is 3. The Kier molecular flexibility index (Phi) is 3.48. The van der Waals surface area contributed by atoms with E-state index in [4.69, 9.17) is 10.5 Å². The van der Waals surface area contributed by atoms with Crippen LogP contribution in [0.5, 0.6) is 0 Å². The molecule has 4 N–H and O–H groups in total. The number of methoxy groups -OCH3 is 1. The Balaban J connectivity index is 2.20. The second-order valence-electron chi connectivity index (χ2n) is 5.15. The lowest BCUT2D eigenvalue weighted by atomic mass is 10.1. The van der Waals surface area contributed by atoms with Gasteiger partial charge in [0.1, 0.15) is 0 Å². The van der Waals surface area contributed by atoms with Crippen molar-refractivity contribution in [2.75, 3.05) is 19.4 Å². The number of hydrogen-bond acceptors (Lipinski definition) is 3. The molecule has 19 heavy (non-hydrogen) atoms. The van der Waals surface area contributed by atoms with Crippen LogP contribution in [0.3, 0.4) is 0 Å². The lowest BCUT2D eigenvalue weighted by Crippen LogP contribution is -2.39. The molecule has 0 radical (unpaired) electrons. The Bertz CT molecular complexity index is 602. The number of carbonyl (C=O) groups is 1. The van der Waals surface area contributed by atoms with Gasteiger partial charge < -0.3 is 20.8 Å². The number of fused-ring (bicyclic) bond motifs is 1. The minimum Gasteiger partial charge on any atom is -0.399 e. The third-order valence-electron chi connectivity index (χ3n) is 3.18. The smallest absolute Gasteiger partial charge is 0.253 e. The van der Waals surface area contributed by atoms with E-state index in [1.165, 1.54) is 0 Å². The van der Waals surface area contributed by atoms with Crippen LogP contribution in [0.15, 0.2) is 24.4 Å². The van der Waals surface area contributed by atoms with Crippen molar-refractivity contribution >= 4 is 22.5 Å². The zero-order valence-corrected chi connectivity index (χ0v) is 11.4. The molecule has 5 nitrogen and oxygen atoms in total. The molecule has 1 aromatic carbocycles. The number of rotatable bonds is 4. The molecule has 1 amide bonds. The van der Waals surface area contributed by atoms with Gasteiger partial charge in [0.05, 0.1) is 11.2 Å². The largest absolute Gasteiger partial charge is 0.399 e. The van der Waals surface area contributed by atoms with Crippen LogP contribution in [-0.4, -0.2) is 30.1 Å². The molecule has 2 rings (SSSR count). The molecule has 5 heteroatoms. The fourth-order valence-electron chi connectivity index (χ4n) is 1.79. The number of ether oxygens (including phenoxy) is 1. The van der Waals surface area contributed by atoms with E-state index < -0.39 is 0 Å². The minimum atomic E-state index is -0.388. The summed E-state index contributed by atoms with van der Waals surface area (Å²) in [6.07, 6.45) is 1.69. The van der Waals surface area contributed by atoms with Crippen LogP contribution in [-0.2, 0) is 4.74 Å². The number of carbonyl (C=O) groups excluding carboxylic acids is 1. The van der Waals surface area contributed by atoms with Crippen LogP contribution in [0.25, 0.3) is 10.9 Å². The first-order chi connectivity index (χ1) is 8.93. The summed E-state index contributed by atoms with van der Waals surface area (Å²) in [6.45, 7) is 4.28. The van der Waals surface area contributed by atoms with Crippen molar-refractivity contribution in [3.63, 3.8) is 0 Å². The first kappa shape index (κ1) is 13.4. The van der Waals surface area contributed by atoms with Crippen molar-refractivity contribution in [2.45, 2.75) is 19.4 Å². The van der Waals surface area contributed by atoms with E-state index >= 15 is 0 Å². The number of nitrogens with one attached hydrogen (secondary N) is 2. The van der Waals surface area contributed by atoms with Crippen LogP contribution in [0, 0.1) is 0 Å². The first-order valence-electron chi connectivity index (χ1n) is 6.13. The summed E-state index contributed by atoms with van der Waals surface area (Å²) in [5.41, 5.74) is 7.49. The van der Waals surface area contributed by atoms with E-state index in [0.29, 0.717) is 17.8 Å². The second-order valence-corrected chi connectivity index (χ2v) is 5.15.